The Morgan fingerprint density at radius 1 is 1.10 bits per heavy atom. The third-order valence-electron chi connectivity index (χ3n) is 3.59. The molecule has 0 bridgehead atoms. The average molecular weight is 486 g/mol. The zero-order valence-corrected chi connectivity index (χ0v) is 18.0. The van der Waals surface area contributed by atoms with Crippen LogP contribution >= 0.6 is 46.4 Å². The molecule has 0 aliphatic heterocycles. The van der Waals surface area contributed by atoms with Crippen molar-refractivity contribution in [3.63, 3.8) is 0 Å². The Morgan fingerprint density at radius 3 is 2.14 bits per heavy atom. The summed E-state index contributed by atoms with van der Waals surface area (Å²) in [6.07, 6.45) is -3.77. The van der Waals surface area contributed by atoms with Gasteiger partial charge >= 0.3 is 12.1 Å². The fourth-order valence-corrected chi connectivity index (χ4v) is 2.77. The van der Waals surface area contributed by atoms with Crippen LogP contribution in [0.25, 0.3) is 0 Å². The van der Waals surface area contributed by atoms with Gasteiger partial charge in [-0.1, -0.05) is 52.5 Å². The lowest BCUT2D eigenvalue weighted by atomic mass is 10.2. The Bertz CT molecular complexity index is 888. The van der Waals surface area contributed by atoms with Gasteiger partial charge in [0, 0.05) is 12.7 Å². The molecule has 2 rings (SSSR count). The molecular weight excluding hydrogens is 472 g/mol. The molecule has 2 amide bonds. The van der Waals surface area contributed by atoms with E-state index in [9.17, 15) is 13.6 Å². The van der Waals surface area contributed by atoms with Crippen molar-refractivity contribution in [2.75, 3.05) is 19.1 Å². The van der Waals surface area contributed by atoms with E-state index in [1.165, 1.54) is 38.4 Å². The molecule has 0 aromatic heterocycles. The van der Waals surface area contributed by atoms with Gasteiger partial charge in [-0.25, -0.2) is 4.79 Å². The average Bonchev–Trinajstić information content (AvgIpc) is 2.66. The number of hydrogen-bond acceptors (Lipinski definition) is 3. The lowest BCUT2D eigenvalue weighted by Gasteiger charge is -2.20. The first kappa shape index (κ1) is 23.5. The fraction of sp³-hybridized carbons (Fsp3) is 0.222. The molecule has 5 nitrogen and oxygen atoms in total. The summed E-state index contributed by atoms with van der Waals surface area (Å²) in [5, 5.41) is 0.515. The topological polar surface area (TPSA) is 51.1 Å². The predicted octanol–water partition coefficient (Wildman–Crippen LogP) is 6.42. The molecule has 29 heavy (non-hydrogen) atoms. The van der Waals surface area contributed by atoms with Crippen molar-refractivity contribution in [3.8, 4) is 5.75 Å². The highest BCUT2D eigenvalue weighted by Gasteiger charge is 2.40. The number of ether oxygens (including phenoxy) is 2. The van der Waals surface area contributed by atoms with E-state index in [4.69, 9.17) is 51.1 Å². The van der Waals surface area contributed by atoms with Crippen molar-refractivity contribution >= 4 is 64.0 Å². The van der Waals surface area contributed by atoms with Crippen LogP contribution in [-0.2, 0) is 4.74 Å². The van der Waals surface area contributed by atoms with Crippen LogP contribution in [0.2, 0.25) is 10.0 Å². The van der Waals surface area contributed by atoms with Gasteiger partial charge < -0.3 is 9.47 Å². The Kier molecular flexibility index (Phi) is 7.94. The first-order valence-corrected chi connectivity index (χ1v) is 9.49. The van der Waals surface area contributed by atoms with Crippen molar-refractivity contribution in [2.24, 2.45) is 4.99 Å². The second kappa shape index (κ2) is 9.80. The van der Waals surface area contributed by atoms with Gasteiger partial charge in [0.05, 0.1) is 22.7 Å². The number of nitrogens with zero attached hydrogens (tertiary/aromatic N) is 2. The summed E-state index contributed by atoms with van der Waals surface area (Å²) in [4.78, 5) is 15.5. The number of amides is 2. The summed E-state index contributed by atoms with van der Waals surface area (Å²) in [7, 11) is 2.75. The van der Waals surface area contributed by atoms with Crippen molar-refractivity contribution in [1.29, 1.82) is 0 Å². The fourth-order valence-electron chi connectivity index (χ4n) is 2.12. The number of alkyl halides is 4. The number of halogens is 6. The standard InChI is InChI=1S/C18H14Cl4F2N2O3/c1-26(10-6-8-11(9-7-10)29-18(23,24)16(21)22)17(27)25-15(28-2)14-12(19)4-3-5-13(14)20/h3-9,16H,1-2H3/b25-15-. The highest BCUT2D eigenvalue weighted by Crippen LogP contribution is 2.31. The molecule has 0 fully saturated rings. The zero-order chi connectivity index (χ0) is 21.8. The van der Waals surface area contributed by atoms with E-state index in [0.717, 1.165) is 4.90 Å². The molecule has 0 unspecified atom stereocenters. The Balaban J connectivity index is 2.22. The number of rotatable bonds is 5. The molecule has 156 valence electrons. The number of hydrogen-bond donors (Lipinski definition) is 0. The summed E-state index contributed by atoms with van der Waals surface area (Å²) in [6, 6.07) is 9.30. The Morgan fingerprint density at radius 2 is 1.66 bits per heavy atom. The molecule has 0 heterocycles. The van der Waals surface area contributed by atoms with Gasteiger partial charge in [0.15, 0.2) is 0 Å². The predicted molar refractivity (Wildman–Crippen MR) is 111 cm³/mol. The first-order chi connectivity index (χ1) is 13.6. The highest BCUT2D eigenvalue weighted by atomic mass is 35.5. The molecule has 2 aromatic rings. The first-order valence-electron chi connectivity index (χ1n) is 7.86. The van der Waals surface area contributed by atoms with Crippen LogP contribution in [0, 0.1) is 0 Å². The highest BCUT2D eigenvalue weighted by molar-refractivity contribution is 6.44. The number of benzene rings is 2. The van der Waals surface area contributed by atoms with E-state index in [0.29, 0.717) is 5.69 Å². The molecule has 0 radical (unpaired) electrons. The molecule has 0 aliphatic rings. The lowest BCUT2D eigenvalue weighted by Crippen LogP contribution is -2.32. The van der Waals surface area contributed by atoms with E-state index in [1.807, 2.05) is 0 Å². The van der Waals surface area contributed by atoms with Crippen LogP contribution < -0.4 is 9.64 Å². The SMILES string of the molecule is CO/C(=N\C(=O)N(C)c1ccc(OC(F)(F)C(Cl)Cl)cc1)c1c(Cl)cccc1Cl. The van der Waals surface area contributed by atoms with Crippen LogP contribution in [0.5, 0.6) is 5.75 Å². The van der Waals surface area contributed by atoms with E-state index in [2.05, 4.69) is 9.73 Å². The number of methoxy groups -OCH3 is 1. The largest absolute Gasteiger partial charge is 0.480 e. The van der Waals surface area contributed by atoms with Gasteiger partial charge in [-0.3, -0.25) is 4.90 Å². The molecule has 0 saturated heterocycles. The monoisotopic (exact) mass is 484 g/mol. The summed E-state index contributed by atoms with van der Waals surface area (Å²) in [5.41, 5.74) is 0.617. The van der Waals surface area contributed by atoms with Gasteiger partial charge in [0.2, 0.25) is 10.7 Å². The maximum absolute atomic E-state index is 13.4. The second-order valence-corrected chi connectivity index (χ2v) is 7.43. The minimum absolute atomic E-state index is 0.0766. The summed E-state index contributed by atoms with van der Waals surface area (Å²) >= 11 is 22.6. The maximum Gasteiger partial charge on any atom is 0.428 e. The van der Waals surface area contributed by atoms with Gasteiger partial charge in [-0.2, -0.15) is 13.8 Å². The normalized spacial score (nSPS) is 12.1. The van der Waals surface area contributed by atoms with Crippen LogP contribution in [0.1, 0.15) is 5.56 Å². The molecule has 2 aromatic carbocycles. The third kappa shape index (κ3) is 5.85. The summed E-state index contributed by atoms with van der Waals surface area (Å²) in [6.45, 7) is 0. The number of carbonyl (C=O) groups is 1. The van der Waals surface area contributed by atoms with E-state index < -0.39 is 17.0 Å². The molecule has 0 atom stereocenters. The minimum Gasteiger partial charge on any atom is -0.480 e. The molecule has 0 N–H and O–H groups in total. The van der Waals surface area contributed by atoms with Crippen molar-refractivity contribution < 1.29 is 23.0 Å². The van der Waals surface area contributed by atoms with Gasteiger partial charge in [-0.05, 0) is 36.4 Å². The van der Waals surface area contributed by atoms with Crippen LogP contribution in [-0.4, -0.2) is 37.0 Å². The number of anilines is 1. The lowest BCUT2D eigenvalue weighted by molar-refractivity contribution is -0.163. The van der Waals surface area contributed by atoms with E-state index >= 15 is 0 Å². The molecule has 0 saturated carbocycles. The van der Waals surface area contributed by atoms with Crippen molar-refractivity contribution in [3.05, 3.63) is 58.1 Å². The molecule has 11 heteroatoms. The summed E-state index contributed by atoms with van der Waals surface area (Å²) < 4.78 is 36.5. The molecular formula is C18H14Cl4F2N2O3. The van der Waals surface area contributed by atoms with Crippen molar-refractivity contribution in [2.45, 2.75) is 10.9 Å². The zero-order valence-electron chi connectivity index (χ0n) is 15.0. The summed E-state index contributed by atoms with van der Waals surface area (Å²) in [5.74, 6) is -0.262. The minimum atomic E-state index is -3.77. The van der Waals surface area contributed by atoms with Crippen LogP contribution in [0.4, 0.5) is 19.3 Å². The van der Waals surface area contributed by atoms with Crippen LogP contribution in [0.15, 0.2) is 47.5 Å². The van der Waals surface area contributed by atoms with E-state index in [1.54, 1.807) is 18.2 Å². The molecule has 0 aliphatic carbocycles. The number of urea groups is 1. The molecule has 0 spiro atoms. The number of carbonyl (C=O) groups excluding carboxylic acids is 1. The third-order valence-corrected chi connectivity index (χ3v) is 4.72. The van der Waals surface area contributed by atoms with Gasteiger partial charge in [0.25, 0.3) is 0 Å². The Hall–Kier alpha value is -1.80. The van der Waals surface area contributed by atoms with E-state index in [-0.39, 0.29) is 27.3 Å². The quantitative estimate of drug-likeness (QED) is 0.279. The Labute approximate surface area is 185 Å². The second-order valence-electron chi connectivity index (χ2n) is 5.52. The smallest absolute Gasteiger partial charge is 0.428 e. The van der Waals surface area contributed by atoms with Gasteiger partial charge in [-0.15, -0.1) is 0 Å². The van der Waals surface area contributed by atoms with Crippen molar-refractivity contribution in [1.82, 2.24) is 0 Å². The van der Waals surface area contributed by atoms with Gasteiger partial charge in [0.1, 0.15) is 5.75 Å². The number of aliphatic imine (C=N–C) groups is 1. The maximum atomic E-state index is 13.4. The van der Waals surface area contributed by atoms with Crippen LogP contribution in [0.3, 0.4) is 0 Å².